The molecule has 0 aromatic heterocycles. The van der Waals surface area contributed by atoms with E-state index in [4.69, 9.17) is 0 Å². The number of benzene rings is 1. The summed E-state index contributed by atoms with van der Waals surface area (Å²) in [6.07, 6.45) is 2.09. The molecular weight excluding hydrogens is 459 g/mol. The number of nitrogens with one attached hydrogen (secondary N) is 3. The molecule has 0 heterocycles. The van der Waals surface area contributed by atoms with E-state index in [1.807, 2.05) is 27.7 Å². The van der Waals surface area contributed by atoms with Crippen LogP contribution in [0.15, 0.2) is 28.1 Å². The van der Waals surface area contributed by atoms with E-state index < -0.39 is 0 Å². The molecule has 0 bridgehead atoms. The van der Waals surface area contributed by atoms with Crippen molar-refractivity contribution in [3.8, 4) is 0 Å². The smallest absolute Gasteiger partial charge is 0.225 e. The molecule has 0 aliphatic rings. The maximum Gasteiger partial charge on any atom is 0.225 e. The van der Waals surface area contributed by atoms with Gasteiger partial charge >= 0.3 is 0 Å². The molecule has 26 heavy (non-hydrogen) atoms. The number of aryl methyl sites for hydroxylation is 1. The molecule has 1 aromatic rings. The van der Waals surface area contributed by atoms with Crippen molar-refractivity contribution in [3.05, 3.63) is 29.3 Å². The lowest BCUT2D eigenvalue weighted by molar-refractivity contribution is -0.128. The monoisotopic (exact) mass is 492 g/mol. The molecule has 0 spiro atoms. The number of halogens is 1. The third kappa shape index (κ3) is 9.12. The second-order valence-corrected chi connectivity index (χ2v) is 7.79. The third-order valence-electron chi connectivity index (χ3n) is 3.58. The molecule has 7 heteroatoms. The summed E-state index contributed by atoms with van der Waals surface area (Å²) >= 11 is 1.74. The van der Waals surface area contributed by atoms with Gasteiger partial charge in [-0.2, -0.15) is 0 Å². The molecule has 0 unspecified atom stereocenters. The average Bonchev–Trinajstić information content (AvgIpc) is 2.55. The molecule has 0 saturated carbocycles. The molecule has 5 nitrogen and oxygen atoms in total. The van der Waals surface area contributed by atoms with Gasteiger partial charge in [0, 0.05) is 29.9 Å². The molecule has 3 N–H and O–H groups in total. The van der Waals surface area contributed by atoms with Crippen molar-refractivity contribution in [1.82, 2.24) is 16.0 Å². The van der Waals surface area contributed by atoms with Gasteiger partial charge in [0.05, 0.1) is 6.54 Å². The van der Waals surface area contributed by atoms with Gasteiger partial charge in [-0.25, -0.2) is 4.99 Å². The predicted molar refractivity (Wildman–Crippen MR) is 124 cm³/mol. The standard InChI is InChI=1S/C19H32N4OS.HI/c1-7-20-18(22-11-10-21-17(24)19(3,4)5)23-13-15-9-8-14(2)12-16(15)25-6;/h8-9,12H,7,10-11,13H2,1-6H3,(H,21,24)(H2,20,22,23);1H. The lowest BCUT2D eigenvalue weighted by atomic mass is 9.96. The minimum Gasteiger partial charge on any atom is -0.357 e. The van der Waals surface area contributed by atoms with Crippen LogP contribution < -0.4 is 16.0 Å². The molecule has 148 valence electrons. The first-order valence-electron chi connectivity index (χ1n) is 8.72. The Morgan fingerprint density at radius 3 is 2.38 bits per heavy atom. The highest BCUT2D eigenvalue weighted by Gasteiger charge is 2.20. The summed E-state index contributed by atoms with van der Waals surface area (Å²) in [6.45, 7) is 12.5. The number of hydrogen-bond donors (Lipinski definition) is 3. The highest BCUT2D eigenvalue weighted by molar-refractivity contribution is 14.0. The first-order valence-corrected chi connectivity index (χ1v) is 9.94. The lowest BCUT2D eigenvalue weighted by Gasteiger charge is -2.18. The summed E-state index contributed by atoms with van der Waals surface area (Å²) in [7, 11) is 0. The Morgan fingerprint density at radius 1 is 1.15 bits per heavy atom. The van der Waals surface area contributed by atoms with E-state index in [1.54, 1.807) is 11.8 Å². The fourth-order valence-corrected chi connectivity index (χ4v) is 2.81. The van der Waals surface area contributed by atoms with Crippen LogP contribution in [0.4, 0.5) is 0 Å². The van der Waals surface area contributed by atoms with E-state index in [-0.39, 0.29) is 35.3 Å². The van der Waals surface area contributed by atoms with Crippen molar-refractivity contribution < 1.29 is 4.79 Å². The van der Waals surface area contributed by atoms with Gasteiger partial charge in [0.2, 0.25) is 5.91 Å². The molecular formula is C19H33IN4OS. The van der Waals surface area contributed by atoms with E-state index in [9.17, 15) is 4.79 Å². The van der Waals surface area contributed by atoms with Crippen LogP contribution >= 0.6 is 35.7 Å². The molecule has 1 amide bonds. The number of guanidine groups is 1. The van der Waals surface area contributed by atoms with Gasteiger partial charge in [-0.3, -0.25) is 4.79 Å². The molecule has 0 saturated heterocycles. The third-order valence-corrected chi connectivity index (χ3v) is 4.40. The highest BCUT2D eigenvalue weighted by Crippen LogP contribution is 2.22. The zero-order chi connectivity index (χ0) is 18.9. The van der Waals surface area contributed by atoms with Crippen LogP contribution in [0.5, 0.6) is 0 Å². The molecule has 0 aliphatic heterocycles. The van der Waals surface area contributed by atoms with Crippen LogP contribution in [0.1, 0.15) is 38.8 Å². The van der Waals surface area contributed by atoms with Crippen LogP contribution in [-0.2, 0) is 11.3 Å². The quantitative estimate of drug-likeness (QED) is 0.179. The average molecular weight is 492 g/mol. The van der Waals surface area contributed by atoms with Crippen LogP contribution in [0.3, 0.4) is 0 Å². The Kier molecular flexibility index (Phi) is 12.0. The van der Waals surface area contributed by atoms with Gasteiger partial charge in [0.1, 0.15) is 0 Å². The Bertz CT molecular complexity index is 600. The van der Waals surface area contributed by atoms with Crippen LogP contribution in [0.2, 0.25) is 0 Å². The molecule has 1 rings (SSSR count). The summed E-state index contributed by atoms with van der Waals surface area (Å²) in [5.41, 5.74) is 2.12. The summed E-state index contributed by atoms with van der Waals surface area (Å²) in [6, 6.07) is 6.45. The van der Waals surface area contributed by atoms with Gasteiger partial charge in [-0.15, -0.1) is 35.7 Å². The Balaban J connectivity index is 0.00000625. The number of nitrogens with zero attached hydrogens (tertiary/aromatic N) is 1. The van der Waals surface area contributed by atoms with Crippen molar-refractivity contribution >= 4 is 47.6 Å². The normalized spacial score (nSPS) is 11.5. The number of carbonyl (C=O) groups is 1. The molecule has 0 aliphatic carbocycles. The van der Waals surface area contributed by atoms with Crippen LogP contribution in [-0.4, -0.2) is 37.8 Å². The van der Waals surface area contributed by atoms with Crippen LogP contribution in [0, 0.1) is 12.3 Å². The lowest BCUT2D eigenvalue weighted by Crippen LogP contribution is -2.43. The zero-order valence-electron chi connectivity index (χ0n) is 16.7. The van der Waals surface area contributed by atoms with Gasteiger partial charge in [-0.1, -0.05) is 32.9 Å². The first kappa shape index (κ1) is 25.0. The van der Waals surface area contributed by atoms with Crippen LogP contribution in [0.25, 0.3) is 0 Å². The number of amides is 1. The molecule has 0 fully saturated rings. The van der Waals surface area contributed by atoms with Gasteiger partial charge < -0.3 is 16.0 Å². The minimum absolute atomic E-state index is 0. The fraction of sp³-hybridized carbons (Fsp3) is 0.579. The summed E-state index contributed by atoms with van der Waals surface area (Å²) in [5.74, 6) is 0.820. The fourth-order valence-electron chi connectivity index (χ4n) is 2.11. The van der Waals surface area contributed by atoms with Crippen molar-refractivity contribution in [2.24, 2.45) is 10.4 Å². The number of carbonyl (C=O) groups excluding carboxylic acids is 1. The maximum atomic E-state index is 11.9. The zero-order valence-corrected chi connectivity index (χ0v) is 19.9. The molecule has 1 aromatic carbocycles. The van der Waals surface area contributed by atoms with Gasteiger partial charge in [-0.05, 0) is 37.3 Å². The second-order valence-electron chi connectivity index (χ2n) is 6.94. The van der Waals surface area contributed by atoms with E-state index in [0.717, 1.165) is 12.5 Å². The van der Waals surface area contributed by atoms with E-state index in [2.05, 4.69) is 52.3 Å². The predicted octanol–water partition coefficient (Wildman–Crippen LogP) is 3.55. The van der Waals surface area contributed by atoms with E-state index in [0.29, 0.717) is 19.6 Å². The summed E-state index contributed by atoms with van der Waals surface area (Å²) in [5, 5.41) is 9.43. The Labute approximate surface area is 179 Å². The number of rotatable bonds is 7. The Morgan fingerprint density at radius 2 is 1.81 bits per heavy atom. The maximum absolute atomic E-state index is 11.9. The van der Waals surface area contributed by atoms with Crippen molar-refractivity contribution in [3.63, 3.8) is 0 Å². The largest absolute Gasteiger partial charge is 0.357 e. The van der Waals surface area contributed by atoms with Crippen molar-refractivity contribution in [2.45, 2.75) is 46.1 Å². The minimum atomic E-state index is -0.363. The van der Waals surface area contributed by atoms with Crippen molar-refractivity contribution in [1.29, 1.82) is 0 Å². The van der Waals surface area contributed by atoms with E-state index >= 15 is 0 Å². The topological polar surface area (TPSA) is 65.5 Å². The molecule has 0 radical (unpaired) electrons. The van der Waals surface area contributed by atoms with Crippen molar-refractivity contribution in [2.75, 3.05) is 25.9 Å². The SMILES string of the molecule is CCNC(=NCc1ccc(C)cc1SC)NCCNC(=O)C(C)(C)C.I. The van der Waals surface area contributed by atoms with Gasteiger partial charge in [0.25, 0.3) is 0 Å². The highest BCUT2D eigenvalue weighted by atomic mass is 127. The summed E-state index contributed by atoms with van der Waals surface area (Å²) < 4.78 is 0. The number of hydrogen-bond acceptors (Lipinski definition) is 3. The number of thioether (sulfide) groups is 1. The summed E-state index contributed by atoms with van der Waals surface area (Å²) in [4.78, 5) is 17.8. The Hall–Kier alpha value is -0.960. The molecule has 0 atom stereocenters. The number of aliphatic imine (C=N–C) groups is 1. The van der Waals surface area contributed by atoms with E-state index in [1.165, 1.54) is 16.0 Å². The first-order chi connectivity index (χ1) is 11.8. The second kappa shape index (κ2) is 12.4. The van der Waals surface area contributed by atoms with Gasteiger partial charge in [0.15, 0.2) is 5.96 Å².